The van der Waals surface area contributed by atoms with Crippen molar-refractivity contribution in [2.75, 3.05) is 23.3 Å². The highest BCUT2D eigenvalue weighted by Gasteiger charge is 2.43. The Morgan fingerprint density at radius 2 is 1.72 bits per heavy atom. The number of hydrogen-bond donors (Lipinski definition) is 1. The van der Waals surface area contributed by atoms with E-state index in [1.807, 2.05) is 32.0 Å². The van der Waals surface area contributed by atoms with Gasteiger partial charge < -0.3 is 10.2 Å². The fraction of sp³-hybridized carbons (Fsp3) is 0.346. The largest absolute Gasteiger partial charge is 0.366 e. The van der Waals surface area contributed by atoms with Crippen LogP contribution in [0.2, 0.25) is 0 Å². The van der Waals surface area contributed by atoms with Crippen LogP contribution in [0.4, 0.5) is 11.4 Å². The zero-order valence-corrected chi connectivity index (χ0v) is 19.1. The lowest BCUT2D eigenvalue weighted by Crippen LogP contribution is -2.39. The quantitative estimate of drug-likeness (QED) is 0.734. The predicted molar refractivity (Wildman–Crippen MR) is 126 cm³/mol. The number of rotatable bonds is 4. The van der Waals surface area contributed by atoms with Crippen molar-refractivity contribution in [1.82, 2.24) is 4.90 Å². The first kappa shape index (κ1) is 21.8. The molecule has 1 unspecified atom stereocenters. The average molecular weight is 432 g/mol. The van der Waals surface area contributed by atoms with Crippen LogP contribution in [0.1, 0.15) is 43.4 Å². The van der Waals surface area contributed by atoms with E-state index in [0.29, 0.717) is 34.1 Å². The molecule has 4 rings (SSSR count). The first-order valence-corrected chi connectivity index (χ1v) is 11.1. The maximum atomic E-state index is 13.7. The van der Waals surface area contributed by atoms with Crippen molar-refractivity contribution in [2.24, 2.45) is 5.92 Å². The van der Waals surface area contributed by atoms with Crippen LogP contribution in [-0.4, -0.2) is 35.7 Å². The Bertz CT molecular complexity index is 1120. The zero-order chi connectivity index (χ0) is 23.0. The molecule has 0 saturated carbocycles. The van der Waals surface area contributed by atoms with Gasteiger partial charge in [-0.3, -0.25) is 14.4 Å². The monoisotopic (exact) mass is 431 g/mol. The molecular formula is C26H29N3O3. The molecule has 0 bridgehead atoms. The van der Waals surface area contributed by atoms with E-state index in [2.05, 4.69) is 17.1 Å². The number of hydrogen-bond acceptors (Lipinski definition) is 4. The summed E-state index contributed by atoms with van der Waals surface area (Å²) in [6.45, 7) is 9.12. The molecule has 6 nitrogen and oxygen atoms in total. The van der Waals surface area contributed by atoms with E-state index in [-0.39, 0.29) is 17.7 Å². The third kappa shape index (κ3) is 4.05. The Morgan fingerprint density at radius 1 is 1.00 bits per heavy atom. The fourth-order valence-corrected chi connectivity index (χ4v) is 4.49. The molecule has 6 heteroatoms. The van der Waals surface area contributed by atoms with E-state index < -0.39 is 0 Å². The highest BCUT2D eigenvalue weighted by molar-refractivity contribution is 6.45. The second-order valence-corrected chi connectivity index (χ2v) is 8.89. The van der Waals surface area contributed by atoms with Gasteiger partial charge >= 0.3 is 0 Å². The summed E-state index contributed by atoms with van der Waals surface area (Å²) in [5, 5.41) is 2.74. The highest BCUT2D eigenvalue weighted by atomic mass is 16.2. The molecule has 2 aromatic rings. The first-order chi connectivity index (χ1) is 15.3. The van der Waals surface area contributed by atoms with Crippen LogP contribution in [0.3, 0.4) is 0 Å². The third-order valence-corrected chi connectivity index (χ3v) is 6.28. The van der Waals surface area contributed by atoms with Crippen molar-refractivity contribution in [2.45, 2.75) is 40.5 Å². The SMILES string of the molecule is CC(=O)Nc1ccc(C2=C(N3CCCC(C)C3)C(=O)N(c3ccc(C)c(C)c3)C2=O)cc1. The van der Waals surface area contributed by atoms with Crippen LogP contribution >= 0.6 is 0 Å². The summed E-state index contributed by atoms with van der Waals surface area (Å²) in [7, 11) is 0. The zero-order valence-electron chi connectivity index (χ0n) is 19.1. The van der Waals surface area contributed by atoms with Gasteiger partial charge in [-0.2, -0.15) is 0 Å². The summed E-state index contributed by atoms with van der Waals surface area (Å²) < 4.78 is 0. The molecule has 2 aromatic carbocycles. The summed E-state index contributed by atoms with van der Waals surface area (Å²) >= 11 is 0. The molecule has 2 heterocycles. The summed E-state index contributed by atoms with van der Waals surface area (Å²) in [6, 6.07) is 12.8. The summed E-state index contributed by atoms with van der Waals surface area (Å²) in [5.74, 6) is -0.279. The number of amides is 3. The predicted octanol–water partition coefficient (Wildman–Crippen LogP) is 4.28. The van der Waals surface area contributed by atoms with Crippen LogP contribution in [0.25, 0.3) is 5.57 Å². The summed E-state index contributed by atoms with van der Waals surface area (Å²) in [5.41, 5.74) is 4.97. The van der Waals surface area contributed by atoms with Crippen LogP contribution in [-0.2, 0) is 14.4 Å². The van der Waals surface area contributed by atoms with Gasteiger partial charge in [0.15, 0.2) is 0 Å². The standard InChI is InChI=1S/C26H29N3O3/c1-16-6-5-13-28(15-16)24-23(20-8-10-21(11-9-20)27-19(4)30)25(31)29(26(24)32)22-12-7-17(2)18(3)14-22/h7-12,14,16H,5-6,13,15H2,1-4H3,(H,27,30). The van der Waals surface area contributed by atoms with E-state index in [1.165, 1.54) is 11.8 Å². The minimum Gasteiger partial charge on any atom is -0.366 e. The summed E-state index contributed by atoms with van der Waals surface area (Å²) in [4.78, 5) is 42.1. The number of aryl methyl sites for hydroxylation is 2. The molecule has 3 amide bonds. The number of imide groups is 1. The van der Waals surface area contributed by atoms with Gasteiger partial charge in [-0.25, -0.2) is 4.90 Å². The molecule has 32 heavy (non-hydrogen) atoms. The maximum absolute atomic E-state index is 13.7. The first-order valence-electron chi connectivity index (χ1n) is 11.1. The number of nitrogens with zero attached hydrogens (tertiary/aromatic N) is 2. The normalized spacial score (nSPS) is 19.1. The molecule has 166 valence electrons. The van der Waals surface area contributed by atoms with Crippen LogP contribution in [0, 0.1) is 19.8 Å². The van der Waals surface area contributed by atoms with Gasteiger partial charge in [0.25, 0.3) is 11.8 Å². The van der Waals surface area contributed by atoms with E-state index in [4.69, 9.17) is 0 Å². The van der Waals surface area contributed by atoms with Gasteiger partial charge in [0.2, 0.25) is 5.91 Å². The fourth-order valence-electron chi connectivity index (χ4n) is 4.49. The Morgan fingerprint density at radius 3 is 2.34 bits per heavy atom. The third-order valence-electron chi connectivity index (χ3n) is 6.28. The number of anilines is 2. The topological polar surface area (TPSA) is 69.7 Å². The highest BCUT2D eigenvalue weighted by Crippen LogP contribution is 2.37. The van der Waals surface area contributed by atoms with Crippen molar-refractivity contribution in [3.8, 4) is 0 Å². The van der Waals surface area contributed by atoms with Gasteiger partial charge in [-0.1, -0.05) is 25.1 Å². The van der Waals surface area contributed by atoms with Crippen LogP contribution in [0.15, 0.2) is 48.2 Å². The molecule has 0 radical (unpaired) electrons. The lowest BCUT2D eigenvalue weighted by atomic mass is 9.97. The van der Waals surface area contributed by atoms with Gasteiger partial charge in [0.05, 0.1) is 11.3 Å². The molecule has 2 aliphatic heterocycles. The molecule has 1 atom stereocenters. The summed E-state index contributed by atoms with van der Waals surface area (Å²) in [6.07, 6.45) is 2.11. The molecule has 1 saturated heterocycles. The molecule has 1 fully saturated rings. The van der Waals surface area contributed by atoms with Crippen molar-refractivity contribution < 1.29 is 14.4 Å². The number of carbonyl (C=O) groups excluding carboxylic acids is 3. The lowest BCUT2D eigenvalue weighted by Gasteiger charge is -2.33. The van der Waals surface area contributed by atoms with E-state index in [9.17, 15) is 14.4 Å². The number of likely N-dealkylation sites (tertiary alicyclic amines) is 1. The molecule has 0 aliphatic carbocycles. The molecule has 2 aliphatic rings. The smallest absolute Gasteiger partial charge is 0.282 e. The van der Waals surface area contributed by atoms with Gasteiger partial charge in [0.1, 0.15) is 5.70 Å². The number of piperidine rings is 1. The molecule has 0 aromatic heterocycles. The Balaban J connectivity index is 1.79. The van der Waals surface area contributed by atoms with Gasteiger partial charge in [-0.15, -0.1) is 0 Å². The van der Waals surface area contributed by atoms with Crippen LogP contribution < -0.4 is 10.2 Å². The number of benzene rings is 2. The Kier molecular flexibility index (Phi) is 5.87. The molecule has 0 spiro atoms. The maximum Gasteiger partial charge on any atom is 0.282 e. The van der Waals surface area contributed by atoms with E-state index >= 15 is 0 Å². The van der Waals surface area contributed by atoms with Crippen molar-refractivity contribution in [1.29, 1.82) is 0 Å². The van der Waals surface area contributed by atoms with Crippen LogP contribution in [0.5, 0.6) is 0 Å². The Labute approximate surface area is 188 Å². The second-order valence-electron chi connectivity index (χ2n) is 8.89. The minimum atomic E-state index is -0.307. The van der Waals surface area contributed by atoms with E-state index in [1.54, 1.807) is 24.3 Å². The molecule has 1 N–H and O–H groups in total. The number of nitrogens with one attached hydrogen (secondary N) is 1. The van der Waals surface area contributed by atoms with E-state index in [0.717, 1.165) is 37.1 Å². The van der Waals surface area contributed by atoms with Crippen molar-refractivity contribution in [3.63, 3.8) is 0 Å². The van der Waals surface area contributed by atoms with Crippen molar-refractivity contribution in [3.05, 3.63) is 64.9 Å². The molecular weight excluding hydrogens is 402 g/mol. The average Bonchev–Trinajstić information content (AvgIpc) is 3.00. The Hall–Kier alpha value is -3.41. The lowest BCUT2D eigenvalue weighted by molar-refractivity contribution is -0.121. The number of carbonyl (C=O) groups is 3. The second kappa shape index (κ2) is 8.61. The van der Waals surface area contributed by atoms with Crippen molar-refractivity contribution >= 4 is 34.7 Å². The van der Waals surface area contributed by atoms with Gasteiger partial charge in [-0.05, 0) is 73.6 Å². The van der Waals surface area contributed by atoms with Gasteiger partial charge in [0, 0.05) is 25.7 Å². The minimum absolute atomic E-state index is 0.159.